The molecule has 0 saturated carbocycles. The smallest absolute Gasteiger partial charge is 0.414 e. The standard InChI is InChI=1S/C22H28N2S.C2H2O4/c1-4-24(5-2)15-9-14-23-21-19-12-7-6-11-18(19)16-25-22-17(3)10-8-13-20(21)22;3-1(4)2(5)6/h6-8,10-13H,4-5,9,14-16H2,1-3H3;(H,3,4)(H,5,6). The summed E-state index contributed by atoms with van der Waals surface area (Å²) < 4.78 is 0. The first-order chi connectivity index (χ1) is 14.9. The summed E-state index contributed by atoms with van der Waals surface area (Å²) in [6, 6.07) is 15.4. The lowest BCUT2D eigenvalue weighted by Gasteiger charge is -2.17. The molecule has 2 aromatic rings. The zero-order valence-electron chi connectivity index (χ0n) is 18.3. The van der Waals surface area contributed by atoms with Crippen LogP contribution in [0.5, 0.6) is 0 Å². The molecule has 0 spiro atoms. The SMILES string of the molecule is CCN(CC)CCCN=C1c2ccccc2CSc2c(C)cccc21.O=C(O)C(=O)O. The van der Waals surface area contributed by atoms with Crippen molar-refractivity contribution < 1.29 is 19.8 Å². The van der Waals surface area contributed by atoms with Gasteiger partial charge in [0.05, 0.1) is 5.71 Å². The number of fused-ring (bicyclic) bond motifs is 2. The van der Waals surface area contributed by atoms with Gasteiger partial charge in [0.25, 0.3) is 0 Å². The quantitative estimate of drug-likeness (QED) is 0.511. The van der Waals surface area contributed by atoms with Crippen LogP contribution in [0.1, 0.15) is 42.5 Å². The van der Waals surface area contributed by atoms with Crippen LogP contribution in [-0.4, -0.2) is 58.9 Å². The molecule has 6 nitrogen and oxygen atoms in total. The Kier molecular flexibility index (Phi) is 9.75. The van der Waals surface area contributed by atoms with Crippen molar-refractivity contribution in [1.82, 2.24) is 4.90 Å². The third kappa shape index (κ3) is 6.94. The van der Waals surface area contributed by atoms with E-state index in [-0.39, 0.29) is 0 Å². The Morgan fingerprint density at radius 3 is 2.29 bits per heavy atom. The summed E-state index contributed by atoms with van der Waals surface area (Å²) in [5, 5.41) is 14.8. The van der Waals surface area contributed by atoms with E-state index in [1.165, 1.54) is 32.9 Å². The first kappa shape index (κ1) is 24.6. The van der Waals surface area contributed by atoms with Crippen molar-refractivity contribution in [2.24, 2.45) is 4.99 Å². The van der Waals surface area contributed by atoms with E-state index in [4.69, 9.17) is 24.8 Å². The molecule has 166 valence electrons. The Bertz CT molecular complexity index is 927. The maximum Gasteiger partial charge on any atom is 0.414 e. The molecule has 2 aromatic carbocycles. The molecule has 0 atom stereocenters. The van der Waals surface area contributed by atoms with E-state index in [1.807, 2.05) is 11.8 Å². The predicted molar refractivity (Wildman–Crippen MR) is 125 cm³/mol. The van der Waals surface area contributed by atoms with Crippen LogP contribution in [-0.2, 0) is 15.3 Å². The molecule has 2 N–H and O–H groups in total. The third-order valence-corrected chi connectivity index (χ3v) is 6.38. The monoisotopic (exact) mass is 442 g/mol. The van der Waals surface area contributed by atoms with E-state index in [0.29, 0.717) is 0 Å². The first-order valence-electron chi connectivity index (χ1n) is 10.4. The molecule has 0 aliphatic carbocycles. The van der Waals surface area contributed by atoms with E-state index in [9.17, 15) is 0 Å². The minimum Gasteiger partial charge on any atom is -0.473 e. The molecule has 0 aromatic heterocycles. The van der Waals surface area contributed by atoms with Gasteiger partial charge in [0.15, 0.2) is 0 Å². The number of benzene rings is 2. The molecule has 0 unspecified atom stereocenters. The molecular formula is C24H30N2O4S. The van der Waals surface area contributed by atoms with Crippen LogP contribution in [0.4, 0.5) is 0 Å². The van der Waals surface area contributed by atoms with E-state index in [0.717, 1.165) is 38.4 Å². The van der Waals surface area contributed by atoms with Crippen molar-refractivity contribution >= 4 is 29.4 Å². The second-order valence-electron chi connectivity index (χ2n) is 7.12. The van der Waals surface area contributed by atoms with Gasteiger partial charge in [0, 0.05) is 28.3 Å². The molecule has 31 heavy (non-hydrogen) atoms. The fourth-order valence-electron chi connectivity index (χ4n) is 3.40. The summed E-state index contributed by atoms with van der Waals surface area (Å²) in [5.41, 5.74) is 6.54. The summed E-state index contributed by atoms with van der Waals surface area (Å²) >= 11 is 1.94. The normalized spacial score (nSPS) is 13.6. The molecule has 1 aliphatic heterocycles. The number of aliphatic imine (C=N–C) groups is 1. The maximum absolute atomic E-state index is 9.10. The van der Waals surface area contributed by atoms with Gasteiger partial charge in [0.2, 0.25) is 0 Å². The summed E-state index contributed by atoms with van der Waals surface area (Å²) in [4.78, 5) is 27.1. The van der Waals surface area contributed by atoms with Gasteiger partial charge in [-0.3, -0.25) is 4.99 Å². The molecule has 0 radical (unpaired) electrons. The van der Waals surface area contributed by atoms with Gasteiger partial charge >= 0.3 is 11.9 Å². The van der Waals surface area contributed by atoms with Gasteiger partial charge < -0.3 is 15.1 Å². The maximum atomic E-state index is 9.10. The number of carboxylic acid groups (broad SMARTS) is 2. The van der Waals surface area contributed by atoms with Gasteiger partial charge in [0.1, 0.15) is 0 Å². The van der Waals surface area contributed by atoms with Gasteiger partial charge in [-0.25, -0.2) is 9.59 Å². The Labute approximate surface area is 188 Å². The molecule has 1 heterocycles. The fourth-order valence-corrected chi connectivity index (χ4v) is 4.57. The second-order valence-corrected chi connectivity index (χ2v) is 8.10. The van der Waals surface area contributed by atoms with Crippen molar-refractivity contribution in [3.8, 4) is 0 Å². The van der Waals surface area contributed by atoms with Crippen LogP contribution in [0.25, 0.3) is 0 Å². The highest BCUT2D eigenvalue weighted by atomic mass is 32.2. The van der Waals surface area contributed by atoms with Crippen molar-refractivity contribution in [2.45, 2.75) is 37.8 Å². The number of thioether (sulfide) groups is 1. The minimum atomic E-state index is -1.82. The average molecular weight is 443 g/mol. The van der Waals surface area contributed by atoms with Gasteiger partial charge in [-0.15, -0.1) is 11.8 Å². The molecule has 3 rings (SSSR count). The van der Waals surface area contributed by atoms with Crippen LogP contribution in [0.15, 0.2) is 52.4 Å². The minimum absolute atomic E-state index is 0.887. The van der Waals surface area contributed by atoms with Crippen LogP contribution in [0, 0.1) is 6.92 Å². The van der Waals surface area contributed by atoms with Crippen LogP contribution in [0.2, 0.25) is 0 Å². The molecule has 0 amide bonds. The Hall–Kier alpha value is -2.64. The topological polar surface area (TPSA) is 90.2 Å². The van der Waals surface area contributed by atoms with Crippen LogP contribution >= 0.6 is 11.8 Å². The van der Waals surface area contributed by atoms with Crippen molar-refractivity contribution in [3.05, 3.63) is 64.7 Å². The molecule has 7 heteroatoms. The third-order valence-electron chi connectivity index (χ3n) is 5.09. The molecule has 1 aliphatic rings. The van der Waals surface area contributed by atoms with E-state index in [1.54, 1.807) is 0 Å². The zero-order valence-corrected chi connectivity index (χ0v) is 19.1. The fraction of sp³-hybridized carbons (Fsp3) is 0.375. The highest BCUT2D eigenvalue weighted by molar-refractivity contribution is 7.98. The zero-order chi connectivity index (χ0) is 22.8. The van der Waals surface area contributed by atoms with Gasteiger partial charge in [-0.1, -0.05) is 56.3 Å². The largest absolute Gasteiger partial charge is 0.473 e. The molecular weight excluding hydrogens is 412 g/mol. The van der Waals surface area contributed by atoms with Gasteiger partial charge in [-0.2, -0.15) is 0 Å². The van der Waals surface area contributed by atoms with E-state index >= 15 is 0 Å². The van der Waals surface area contributed by atoms with Crippen LogP contribution < -0.4 is 0 Å². The lowest BCUT2D eigenvalue weighted by atomic mass is 9.97. The highest BCUT2D eigenvalue weighted by Crippen LogP contribution is 2.36. The Balaban J connectivity index is 0.000000501. The van der Waals surface area contributed by atoms with E-state index in [2.05, 4.69) is 68.1 Å². The Morgan fingerprint density at radius 1 is 1.00 bits per heavy atom. The summed E-state index contributed by atoms with van der Waals surface area (Å²) in [5.74, 6) is -2.63. The lowest BCUT2D eigenvalue weighted by molar-refractivity contribution is -0.159. The first-order valence-corrected chi connectivity index (χ1v) is 11.4. The van der Waals surface area contributed by atoms with Crippen LogP contribution in [0.3, 0.4) is 0 Å². The predicted octanol–water partition coefficient (Wildman–Crippen LogP) is 4.33. The summed E-state index contributed by atoms with van der Waals surface area (Å²) in [6.45, 7) is 10.9. The van der Waals surface area contributed by atoms with Crippen molar-refractivity contribution in [1.29, 1.82) is 0 Å². The number of carboxylic acids is 2. The second kappa shape index (κ2) is 12.3. The van der Waals surface area contributed by atoms with Crippen molar-refractivity contribution in [3.63, 3.8) is 0 Å². The van der Waals surface area contributed by atoms with Crippen molar-refractivity contribution in [2.75, 3.05) is 26.2 Å². The van der Waals surface area contributed by atoms with E-state index < -0.39 is 11.9 Å². The van der Waals surface area contributed by atoms with Gasteiger partial charge in [-0.05, 0) is 44.1 Å². The number of aryl methyl sites for hydroxylation is 1. The molecule has 0 bridgehead atoms. The number of hydrogen-bond donors (Lipinski definition) is 2. The Morgan fingerprint density at radius 2 is 1.65 bits per heavy atom. The highest BCUT2D eigenvalue weighted by Gasteiger charge is 2.20. The number of nitrogens with zero attached hydrogens (tertiary/aromatic N) is 2. The molecule has 0 saturated heterocycles. The average Bonchev–Trinajstić information content (AvgIpc) is 2.92. The summed E-state index contributed by atoms with van der Waals surface area (Å²) in [6.07, 6.45) is 1.11. The number of carbonyl (C=O) groups is 2. The summed E-state index contributed by atoms with van der Waals surface area (Å²) in [7, 11) is 0. The lowest BCUT2D eigenvalue weighted by Crippen LogP contribution is -2.24. The number of hydrogen-bond acceptors (Lipinski definition) is 5. The number of rotatable bonds is 6. The number of aliphatic carboxylic acids is 2. The molecule has 0 fully saturated rings.